The first-order chi connectivity index (χ1) is 11.5. The normalized spacial score (nSPS) is 26.0. The van der Waals surface area contributed by atoms with Gasteiger partial charge in [0, 0.05) is 13.2 Å². The van der Waals surface area contributed by atoms with Crippen molar-refractivity contribution >= 4 is 11.9 Å². The molecule has 2 saturated heterocycles. The maximum absolute atomic E-state index is 13.6. The first-order valence-electron chi connectivity index (χ1n) is 8.04. The van der Waals surface area contributed by atoms with Gasteiger partial charge in [0.1, 0.15) is 11.9 Å². The summed E-state index contributed by atoms with van der Waals surface area (Å²) in [5.74, 6) is -1.78. The number of carboxylic acids is 1. The molecule has 0 unspecified atom stereocenters. The summed E-state index contributed by atoms with van der Waals surface area (Å²) < 4.78 is 24.3. The zero-order chi connectivity index (χ0) is 17.2. The number of ether oxygens (including phenoxy) is 2. The summed E-state index contributed by atoms with van der Waals surface area (Å²) in [6.07, 6.45) is -0.0173. The van der Waals surface area contributed by atoms with Crippen LogP contribution < -0.4 is 5.32 Å². The molecule has 130 valence electrons. The molecule has 0 aliphatic carbocycles. The summed E-state index contributed by atoms with van der Waals surface area (Å²) in [6.45, 7) is 0.917. The SMILES string of the molecule is O=C(NC1(c2cccc(F)c2)CCOCC1)[C@@H]1CC[C@H](C(=O)O)O1. The van der Waals surface area contributed by atoms with E-state index in [1.165, 1.54) is 12.1 Å². The van der Waals surface area contributed by atoms with Gasteiger partial charge < -0.3 is 19.9 Å². The summed E-state index contributed by atoms with van der Waals surface area (Å²) in [4.78, 5) is 23.5. The molecule has 0 aromatic heterocycles. The summed E-state index contributed by atoms with van der Waals surface area (Å²) in [6, 6.07) is 6.17. The second-order valence-corrected chi connectivity index (χ2v) is 6.22. The lowest BCUT2D eigenvalue weighted by Crippen LogP contribution is -2.52. The lowest BCUT2D eigenvalue weighted by molar-refractivity contribution is -0.152. The van der Waals surface area contributed by atoms with Gasteiger partial charge in [-0.15, -0.1) is 0 Å². The van der Waals surface area contributed by atoms with Crippen LogP contribution in [0.15, 0.2) is 24.3 Å². The topological polar surface area (TPSA) is 84.9 Å². The van der Waals surface area contributed by atoms with Crippen LogP contribution in [0.4, 0.5) is 4.39 Å². The van der Waals surface area contributed by atoms with Crippen molar-refractivity contribution < 1.29 is 28.6 Å². The van der Waals surface area contributed by atoms with Crippen molar-refractivity contribution in [1.82, 2.24) is 5.32 Å². The van der Waals surface area contributed by atoms with Gasteiger partial charge in [-0.1, -0.05) is 12.1 Å². The minimum atomic E-state index is -1.06. The summed E-state index contributed by atoms with van der Waals surface area (Å²) in [7, 11) is 0. The van der Waals surface area contributed by atoms with Gasteiger partial charge in [-0.2, -0.15) is 0 Å². The van der Waals surface area contributed by atoms with Crippen molar-refractivity contribution in [3.05, 3.63) is 35.6 Å². The molecule has 2 heterocycles. The maximum Gasteiger partial charge on any atom is 0.332 e. The van der Waals surface area contributed by atoms with Crippen LogP contribution in [0.3, 0.4) is 0 Å². The van der Waals surface area contributed by atoms with Gasteiger partial charge in [-0.05, 0) is 43.4 Å². The molecule has 6 nitrogen and oxygen atoms in total. The Hall–Kier alpha value is -1.99. The molecule has 1 amide bonds. The molecule has 0 spiro atoms. The van der Waals surface area contributed by atoms with E-state index in [2.05, 4.69) is 5.32 Å². The van der Waals surface area contributed by atoms with E-state index in [0.29, 0.717) is 44.5 Å². The fraction of sp³-hybridized carbons (Fsp3) is 0.529. The van der Waals surface area contributed by atoms with Gasteiger partial charge in [-0.3, -0.25) is 4.79 Å². The number of carboxylic acid groups (broad SMARTS) is 1. The fourth-order valence-corrected chi connectivity index (χ4v) is 3.32. The van der Waals surface area contributed by atoms with Crippen LogP contribution in [0.2, 0.25) is 0 Å². The summed E-state index contributed by atoms with van der Waals surface area (Å²) in [5.41, 5.74) is -0.0332. The second kappa shape index (κ2) is 6.86. The van der Waals surface area contributed by atoms with Crippen molar-refractivity contribution in [3.8, 4) is 0 Å². The van der Waals surface area contributed by atoms with Crippen LogP contribution in [-0.2, 0) is 24.6 Å². The lowest BCUT2D eigenvalue weighted by Gasteiger charge is -2.39. The van der Waals surface area contributed by atoms with E-state index in [0.717, 1.165) is 0 Å². The number of rotatable bonds is 4. The first kappa shape index (κ1) is 16.9. The van der Waals surface area contributed by atoms with E-state index in [9.17, 15) is 14.0 Å². The van der Waals surface area contributed by atoms with Crippen LogP contribution in [0.5, 0.6) is 0 Å². The lowest BCUT2D eigenvalue weighted by atomic mass is 9.82. The molecule has 1 aromatic rings. The predicted molar refractivity (Wildman–Crippen MR) is 81.8 cm³/mol. The highest BCUT2D eigenvalue weighted by Crippen LogP contribution is 2.33. The molecule has 2 N–H and O–H groups in total. The fourth-order valence-electron chi connectivity index (χ4n) is 3.32. The van der Waals surface area contributed by atoms with Crippen LogP contribution >= 0.6 is 0 Å². The Labute approximate surface area is 138 Å². The van der Waals surface area contributed by atoms with E-state index in [1.54, 1.807) is 12.1 Å². The van der Waals surface area contributed by atoms with Crippen LogP contribution in [0.25, 0.3) is 0 Å². The number of aliphatic carboxylic acids is 1. The van der Waals surface area contributed by atoms with Gasteiger partial charge in [0.25, 0.3) is 0 Å². The number of hydrogen-bond acceptors (Lipinski definition) is 4. The highest BCUT2D eigenvalue weighted by Gasteiger charge is 2.41. The highest BCUT2D eigenvalue weighted by molar-refractivity contribution is 5.83. The summed E-state index contributed by atoms with van der Waals surface area (Å²) in [5, 5.41) is 12.0. The molecule has 0 saturated carbocycles. The Bertz CT molecular complexity index is 629. The predicted octanol–water partition coefficient (Wildman–Crippen LogP) is 1.58. The number of carbonyl (C=O) groups excluding carboxylic acids is 1. The zero-order valence-corrected chi connectivity index (χ0v) is 13.2. The molecule has 3 rings (SSSR count). The first-order valence-corrected chi connectivity index (χ1v) is 8.04. The van der Waals surface area contributed by atoms with Crippen LogP contribution in [0, 0.1) is 5.82 Å². The molecule has 24 heavy (non-hydrogen) atoms. The van der Waals surface area contributed by atoms with Crippen LogP contribution in [0.1, 0.15) is 31.2 Å². The molecule has 2 fully saturated rings. The van der Waals surface area contributed by atoms with Crippen molar-refractivity contribution in [2.45, 2.75) is 43.4 Å². The third-order valence-electron chi connectivity index (χ3n) is 4.67. The average molecular weight is 337 g/mol. The second-order valence-electron chi connectivity index (χ2n) is 6.22. The molecule has 0 radical (unpaired) electrons. The molecule has 1 aromatic carbocycles. The summed E-state index contributed by atoms with van der Waals surface area (Å²) >= 11 is 0. The van der Waals surface area contributed by atoms with Gasteiger partial charge in [0.05, 0.1) is 5.54 Å². The average Bonchev–Trinajstić information content (AvgIpc) is 3.06. The van der Waals surface area contributed by atoms with Gasteiger partial charge in [0.15, 0.2) is 6.10 Å². The van der Waals surface area contributed by atoms with Crippen LogP contribution in [-0.4, -0.2) is 42.4 Å². The Morgan fingerprint density at radius 2 is 1.92 bits per heavy atom. The van der Waals surface area contributed by atoms with Crippen molar-refractivity contribution in [1.29, 1.82) is 0 Å². The number of benzene rings is 1. The van der Waals surface area contributed by atoms with Crippen molar-refractivity contribution in [3.63, 3.8) is 0 Å². The van der Waals surface area contributed by atoms with Gasteiger partial charge in [0.2, 0.25) is 5.91 Å². The van der Waals surface area contributed by atoms with Gasteiger partial charge in [-0.25, -0.2) is 9.18 Å². The molecular weight excluding hydrogens is 317 g/mol. The molecule has 7 heteroatoms. The van der Waals surface area contributed by atoms with E-state index in [1.807, 2.05) is 0 Å². The smallest absolute Gasteiger partial charge is 0.332 e. The number of nitrogens with one attached hydrogen (secondary N) is 1. The minimum Gasteiger partial charge on any atom is -0.479 e. The quantitative estimate of drug-likeness (QED) is 0.871. The monoisotopic (exact) mass is 337 g/mol. The Morgan fingerprint density at radius 3 is 2.54 bits per heavy atom. The number of carbonyl (C=O) groups is 2. The van der Waals surface area contributed by atoms with E-state index < -0.39 is 23.7 Å². The molecule has 2 atom stereocenters. The highest BCUT2D eigenvalue weighted by atomic mass is 19.1. The third-order valence-corrected chi connectivity index (χ3v) is 4.67. The van der Waals surface area contributed by atoms with Crippen molar-refractivity contribution in [2.24, 2.45) is 0 Å². The number of amides is 1. The Morgan fingerprint density at radius 1 is 1.21 bits per heavy atom. The standard InChI is InChI=1S/C17H20FNO5/c18-12-3-1-2-11(10-12)17(6-8-23-9-7-17)19-15(20)13-4-5-14(24-13)16(21)22/h1-3,10,13-14H,4-9H2,(H,19,20)(H,21,22)/t13-,14+/m0/s1. The van der Waals surface area contributed by atoms with E-state index in [-0.39, 0.29) is 11.7 Å². The minimum absolute atomic E-state index is 0.309. The molecule has 2 aliphatic heterocycles. The van der Waals surface area contributed by atoms with Crippen molar-refractivity contribution in [2.75, 3.05) is 13.2 Å². The number of hydrogen-bond donors (Lipinski definition) is 2. The zero-order valence-electron chi connectivity index (χ0n) is 13.2. The third kappa shape index (κ3) is 3.42. The Kier molecular flexibility index (Phi) is 4.82. The molecular formula is C17H20FNO5. The Balaban J connectivity index is 1.78. The largest absolute Gasteiger partial charge is 0.479 e. The molecule has 2 aliphatic rings. The number of halogens is 1. The maximum atomic E-state index is 13.6. The molecule has 0 bridgehead atoms. The van der Waals surface area contributed by atoms with Gasteiger partial charge >= 0.3 is 5.97 Å². The van der Waals surface area contributed by atoms with E-state index >= 15 is 0 Å². The van der Waals surface area contributed by atoms with E-state index in [4.69, 9.17) is 14.6 Å².